The fourth-order valence-corrected chi connectivity index (χ4v) is 10.3. The second-order valence-electron chi connectivity index (χ2n) is 6.84. The summed E-state index contributed by atoms with van der Waals surface area (Å²) in [5.41, 5.74) is 4.77. The van der Waals surface area contributed by atoms with Crippen LogP contribution in [0.3, 0.4) is 0 Å². The molecule has 2 aromatic rings. The molecule has 2 N–H and O–H groups in total. The molecule has 0 saturated heterocycles. The van der Waals surface area contributed by atoms with Crippen LogP contribution in [0, 0.1) is 6.92 Å². The quantitative estimate of drug-likeness (QED) is 0.254. The highest BCUT2D eigenvalue weighted by atomic mass is 32.2. The second-order valence-corrected chi connectivity index (χ2v) is 13.4. The molecule has 1 aliphatic heterocycles. The van der Waals surface area contributed by atoms with E-state index in [0.717, 1.165) is 11.4 Å². The first kappa shape index (κ1) is 22.2. The first-order chi connectivity index (χ1) is 13.4. The summed E-state index contributed by atoms with van der Waals surface area (Å²) in [5, 5.41) is 7.29. The normalized spacial score (nSPS) is 21.6. The predicted octanol–water partition coefficient (Wildman–Crippen LogP) is 6.77. The zero-order valence-electron chi connectivity index (χ0n) is 16.9. The highest BCUT2D eigenvalue weighted by Gasteiger charge is 2.41. The average Bonchev–Trinajstić information content (AvgIpc) is 2.70. The molecule has 2 unspecified atom stereocenters. The van der Waals surface area contributed by atoms with Gasteiger partial charge in [-0.3, -0.25) is 0 Å². The van der Waals surface area contributed by atoms with E-state index in [1.807, 2.05) is 35.3 Å². The number of hydrogen-bond donors (Lipinski definition) is 3. The van der Waals surface area contributed by atoms with Crippen LogP contribution in [-0.2, 0) is 4.08 Å². The maximum Gasteiger partial charge on any atom is 0.175 e. The molecule has 7 heteroatoms. The van der Waals surface area contributed by atoms with E-state index in [-0.39, 0.29) is 15.0 Å². The van der Waals surface area contributed by atoms with Crippen LogP contribution in [0.4, 0.5) is 11.4 Å². The largest absolute Gasteiger partial charge is 0.332 e. The van der Waals surface area contributed by atoms with Crippen molar-refractivity contribution in [1.82, 2.24) is 0 Å². The number of thiocarbonyl (C=S) groups is 1. The van der Waals surface area contributed by atoms with E-state index in [1.54, 1.807) is 0 Å². The molecule has 0 radical (unpaired) electrons. The third-order valence-corrected chi connectivity index (χ3v) is 12.9. The Morgan fingerprint density at radius 3 is 2.25 bits per heavy atom. The van der Waals surface area contributed by atoms with E-state index < -0.39 is 0 Å². The number of aryl methyl sites for hydroxylation is 1. The predicted molar refractivity (Wildman–Crippen MR) is 141 cm³/mol. The first-order valence-electron chi connectivity index (χ1n) is 9.07. The number of thiol groups is 1. The summed E-state index contributed by atoms with van der Waals surface area (Å²) in [5.74, 6) is 0. The molecule has 2 aromatic carbocycles. The van der Waals surface area contributed by atoms with Gasteiger partial charge in [0, 0.05) is 16.0 Å². The molecule has 0 fully saturated rings. The second kappa shape index (κ2) is 9.56. The maximum absolute atomic E-state index is 5.55. The summed E-state index contributed by atoms with van der Waals surface area (Å²) in [6.07, 6.45) is 10.4. The number of rotatable bonds is 5. The van der Waals surface area contributed by atoms with Gasteiger partial charge in [-0.25, -0.2) is 10.9 Å². The summed E-state index contributed by atoms with van der Waals surface area (Å²) in [6.45, 7) is 2.08. The van der Waals surface area contributed by atoms with Crippen molar-refractivity contribution in [1.29, 1.82) is 0 Å². The van der Waals surface area contributed by atoms with Gasteiger partial charge in [0.15, 0.2) is 5.11 Å². The molecule has 2 atom stereocenters. The Bertz CT molecular complexity index is 833. The van der Waals surface area contributed by atoms with E-state index >= 15 is 0 Å². The van der Waals surface area contributed by atoms with Crippen molar-refractivity contribution in [3.63, 3.8) is 0 Å². The molecule has 0 saturated carbocycles. The van der Waals surface area contributed by atoms with Crippen LogP contribution in [0.5, 0.6) is 0 Å². The van der Waals surface area contributed by atoms with Crippen molar-refractivity contribution >= 4 is 74.9 Å². The third-order valence-electron chi connectivity index (χ3n) is 5.16. The topological polar surface area (TPSA) is 24.1 Å². The van der Waals surface area contributed by atoms with Gasteiger partial charge in [0.25, 0.3) is 0 Å². The number of anilines is 2. The van der Waals surface area contributed by atoms with Crippen LogP contribution in [0.25, 0.3) is 0 Å². The van der Waals surface area contributed by atoms with Gasteiger partial charge >= 0.3 is 0 Å². The Kier molecular flexibility index (Phi) is 7.59. The lowest BCUT2D eigenvalue weighted by atomic mass is 10.1. The van der Waals surface area contributed by atoms with Gasteiger partial charge in [0.1, 0.15) is 0 Å². The van der Waals surface area contributed by atoms with Gasteiger partial charge in [-0.15, -0.1) is 23.5 Å². The van der Waals surface area contributed by atoms with Crippen molar-refractivity contribution in [3.8, 4) is 0 Å². The molecule has 0 aliphatic carbocycles. The van der Waals surface area contributed by atoms with Crippen LogP contribution >= 0.6 is 58.4 Å². The Labute approximate surface area is 190 Å². The van der Waals surface area contributed by atoms with Gasteiger partial charge in [-0.2, -0.15) is 11.8 Å². The summed E-state index contributed by atoms with van der Waals surface area (Å²) in [6, 6.07) is 15.1. The lowest BCUT2D eigenvalue weighted by molar-refractivity contribution is 0.784. The average molecular weight is 469 g/mol. The summed E-state index contributed by atoms with van der Waals surface area (Å²) >= 11 is 11.5. The Morgan fingerprint density at radius 1 is 1.04 bits per heavy atom. The zero-order valence-corrected chi connectivity index (χ0v) is 21.1. The molecule has 0 aromatic heterocycles. The SMILES string of the molecule is CSC1CC(SC)(SC)c2cc(NC(=S)Nc3ccc(C)cc3)ccc2[SH]1C. The number of nitrogens with one attached hydrogen (secondary N) is 2. The Hall–Kier alpha value is -0.470. The Morgan fingerprint density at radius 2 is 1.64 bits per heavy atom. The van der Waals surface area contributed by atoms with E-state index in [0.29, 0.717) is 9.69 Å². The molecular weight excluding hydrogens is 441 g/mol. The zero-order chi connectivity index (χ0) is 20.3. The molecule has 0 spiro atoms. The lowest BCUT2D eigenvalue weighted by Gasteiger charge is -2.45. The van der Waals surface area contributed by atoms with Gasteiger partial charge in [-0.1, -0.05) is 17.7 Å². The minimum absolute atomic E-state index is 0.113. The Balaban J connectivity index is 1.85. The fraction of sp³-hybridized carbons (Fsp3) is 0.381. The minimum Gasteiger partial charge on any atom is -0.332 e. The molecule has 0 amide bonds. The molecule has 28 heavy (non-hydrogen) atoms. The van der Waals surface area contributed by atoms with Gasteiger partial charge in [0.05, 0.1) is 4.08 Å². The standard InChI is InChI=1S/C21H28N2S5/c1-14-6-8-15(9-7-14)22-20(24)23-16-10-11-18-17(12-16)21(26-3,27-4)13-19(25-2)28(18)5/h6-12,19,28H,13H2,1-5H3,(H2,22,23,24). The maximum atomic E-state index is 5.55. The van der Waals surface area contributed by atoms with Crippen molar-refractivity contribution in [2.75, 3.05) is 35.7 Å². The van der Waals surface area contributed by atoms with Crippen molar-refractivity contribution < 1.29 is 0 Å². The van der Waals surface area contributed by atoms with Crippen LogP contribution in [-0.4, -0.2) is 34.7 Å². The minimum atomic E-state index is -0.156. The summed E-state index contributed by atoms with van der Waals surface area (Å²) < 4.78 is 0.826. The molecular formula is C21H28N2S5. The summed E-state index contributed by atoms with van der Waals surface area (Å²) in [7, 11) is -0.156. The number of hydrogen-bond acceptors (Lipinski definition) is 4. The monoisotopic (exact) mass is 468 g/mol. The molecule has 1 heterocycles. The fourth-order valence-electron chi connectivity index (χ4n) is 3.50. The van der Waals surface area contributed by atoms with E-state index in [9.17, 15) is 0 Å². The molecule has 1 aliphatic rings. The van der Waals surface area contributed by atoms with E-state index in [2.05, 4.69) is 85.0 Å². The van der Waals surface area contributed by atoms with Gasteiger partial charge in [-0.05, 0) is 91.4 Å². The van der Waals surface area contributed by atoms with Gasteiger partial charge in [0.2, 0.25) is 0 Å². The number of thioether (sulfide) groups is 3. The van der Waals surface area contributed by atoms with Crippen molar-refractivity contribution in [2.24, 2.45) is 0 Å². The van der Waals surface area contributed by atoms with Crippen molar-refractivity contribution in [2.45, 2.75) is 26.9 Å². The van der Waals surface area contributed by atoms with Crippen LogP contribution in [0.15, 0.2) is 47.4 Å². The van der Waals surface area contributed by atoms with Crippen molar-refractivity contribution in [3.05, 3.63) is 53.6 Å². The van der Waals surface area contributed by atoms with E-state index in [4.69, 9.17) is 12.2 Å². The molecule has 2 nitrogen and oxygen atoms in total. The lowest BCUT2D eigenvalue weighted by Crippen LogP contribution is -2.29. The number of benzene rings is 2. The van der Waals surface area contributed by atoms with E-state index in [1.165, 1.54) is 22.4 Å². The molecule has 3 rings (SSSR count). The van der Waals surface area contributed by atoms with Crippen LogP contribution in [0.1, 0.15) is 17.5 Å². The molecule has 152 valence electrons. The number of fused-ring (bicyclic) bond motifs is 1. The molecule has 0 bridgehead atoms. The van der Waals surface area contributed by atoms with Gasteiger partial charge < -0.3 is 10.6 Å². The van der Waals surface area contributed by atoms with Crippen LogP contribution in [0.2, 0.25) is 0 Å². The highest BCUT2D eigenvalue weighted by Crippen LogP contribution is 2.62. The first-order valence-corrected chi connectivity index (χ1v) is 15.1. The summed E-state index contributed by atoms with van der Waals surface area (Å²) in [4.78, 5) is 1.53. The third kappa shape index (κ3) is 4.64. The smallest absolute Gasteiger partial charge is 0.175 e. The van der Waals surface area contributed by atoms with Crippen LogP contribution < -0.4 is 10.6 Å². The highest BCUT2D eigenvalue weighted by molar-refractivity contribution is 8.27.